The molecule has 1 saturated heterocycles. The van der Waals surface area contributed by atoms with Crippen molar-refractivity contribution in [1.29, 1.82) is 0 Å². The Kier molecular flexibility index (Phi) is 9.04. The monoisotopic (exact) mass is 598 g/mol. The van der Waals surface area contributed by atoms with Gasteiger partial charge in [-0.1, -0.05) is 45.7 Å². The first-order valence-corrected chi connectivity index (χ1v) is 13.0. The highest BCUT2D eigenvalue weighted by Crippen LogP contribution is 2.38. The second-order valence-electron chi connectivity index (χ2n) is 8.06. The Balaban J connectivity index is 1.51. The Morgan fingerprint density at radius 1 is 0.947 bits per heavy atom. The SMILES string of the molecule is CCOc1cc(C=C2C(=O)NC(=O)N(c3ccc(Br)cc3)C2=O)cc(Cl)c1OCCCOc1ccccc1. The molecule has 4 amide bonds. The molecule has 0 atom stereocenters. The summed E-state index contributed by atoms with van der Waals surface area (Å²) >= 11 is 9.83. The van der Waals surface area contributed by atoms with Gasteiger partial charge >= 0.3 is 6.03 Å². The average Bonchev–Trinajstić information content (AvgIpc) is 2.89. The number of nitrogens with one attached hydrogen (secondary N) is 1. The molecule has 0 bridgehead atoms. The highest BCUT2D eigenvalue weighted by atomic mass is 79.9. The zero-order valence-corrected chi connectivity index (χ0v) is 22.8. The number of carbonyl (C=O) groups is 3. The van der Waals surface area contributed by atoms with Gasteiger partial charge in [-0.3, -0.25) is 14.9 Å². The van der Waals surface area contributed by atoms with Gasteiger partial charge in [-0.25, -0.2) is 9.69 Å². The van der Waals surface area contributed by atoms with E-state index in [9.17, 15) is 14.4 Å². The zero-order chi connectivity index (χ0) is 27.1. The third-order valence-corrected chi connectivity index (χ3v) is 6.19. The van der Waals surface area contributed by atoms with Gasteiger partial charge in [0.15, 0.2) is 11.5 Å². The van der Waals surface area contributed by atoms with Crippen molar-refractivity contribution < 1.29 is 28.6 Å². The lowest BCUT2D eigenvalue weighted by Crippen LogP contribution is -2.54. The van der Waals surface area contributed by atoms with Crippen LogP contribution < -0.4 is 24.4 Å². The minimum absolute atomic E-state index is 0.224. The van der Waals surface area contributed by atoms with Crippen molar-refractivity contribution in [2.24, 2.45) is 0 Å². The quantitative estimate of drug-likeness (QED) is 0.174. The van der Waals surface area contributed by atoms with Crippen molar-refractivity contribution in [3.8, 4) is 17.2 Å². The van der Waals surface area contributed by atoms with E-state index < -0.39 is 17.8 Å². The fraction of sp³-hybridized carbons (Fsp3) is 0.179. The average molecular weight is 600 g/mol. The van der Waals surface area contributed by atoms with E-state index >= 15 is 0 Å². The fourth-order valence-electron chi connectivity index (χ4n) is 3.66. The molecule has 1 aliphatic heterocycles. The van der Waals surface area contributed by atoms with Gasteiger partial charge < -0.3 is 14.2 Å². The summed E-state index contributed by atoms with van der Waals surface area (Å²) in [6.07, 6.45) is 1.97. The van der Waals surface area contributed by atoms with E-state index in [2.05, 4.69) is 21.2 Å². The van der Waals surface area contributed by atoms with Crippen LogP contribution in [0.15, 0.2) is 76.8 Å². The Hall–Kier alpha value is -3.82. The molecule has 8 nitrogen and oxygen atoms in total. The number of amides is 4. The lowest BCUT2D eigenvalue weighted by Gasteiger charge is -2.26. The van der Waals surface area contributed by atoms with Crippen LogP contribution in [0.25, 0.3) is 6.08 Å². The summed E-state index contributed by atoms with van der Waals surface area (Å²) in [6.45, 7) is 2.95. The molecule has 1 N–H and O–H groups in total. The minimum Gasteiger partial charge on any atom is -0.493 e. The summed E-state index contributed by atoms with van der Waals surface area (Å²) in [7, 11) is 0. The maximum absolute atomic E-state index is 13.2. The van der Waals surface area contributed by atoms with Crippen molar-refractivity contribution in [3.05, 3.63) is 87.4 Å². The maximum atomic E-state index is 13.2. The van der Waals surface area contributed by atoms with Crippen LogP contribution in [0.4, 0.5) is 10.5 Å². The highest BCUT2D eigenvalue weighted by Gasteiger charge is 2.36. The molecule has 38 heavy (non-hydrogen) atoms. The number of benzene rings is 3. The molecule has 1 fully saturated rings. The summed E-state index contributed by atoms with van der Waals surface area (Å²) in [4.78, 5) is 39.1. The molecule has 196 valence electrons. The molecule has 0 aromatic heterocycles. The predicted octanol–water partition coefficient (Wildman–Crippen LogP) is 6.02. The number of anilines is 1. The summed E-state index contributed by atoms with van der Waals surface area (Å²) in [6, 6.07) is 18.4. The first kappa shape index (κ1) is 27.2. The van der Waals surface area contributed by atoms with Crippen molar-refractivity contribution >= 4 is 57.1 Å². The third kappa shape index (κ3) is 6.54. The molecule has 1 aliphatic rings. The van der Waals surface area contributed by atoms with Crippen LogP contribution in [0.2, 0.25) is 5.02 Å². The number of hydrogen-bond acceptors (Lipinski definition) is 6. The van der Waals surface area contributed by atoms with Crippen LogP contribution in [0.5, 0.6) is 17.2 Å². The van der Waals surface area contributed by atoms with Crippen LogP contribution in [0.3, 0.4) is 0 Å². The second-order valence-corrected chi connectivity index (χ2v) is 9.38. The summed E-state index contributed by atoms with van der Waals surface area (Å²) in [5.74, 6) is -0.0727. The molecule has 0 saturated carbocycles. The number of urea groups is 1. The summed E-state index contributed by atoms with van der Waals surface area (Å²) in [5.41, 5.74) is 0.529. The van der Waals surface area contributed by atoms with Gasteiger partial charge in [0.05, 0.1) is 30.5 Å². The molecule has 1 heterocycles. The van der Waals surface area contributed by atoms with E-state index in [0.29, 0.717) is 49.0 Å². The molecule has 0 aliphatic carbocycles. The van der Waals surface area contributed by atoms with Crippen molar-refractivity contribution in [3.63, 3.8) is 0 Å². The molecule has 0 radical (unpaired) electrons. The van der Waals surface area contributed by atoms with E-state index in [1.165, 1.54) is 6.08 Å². The fourth-order valence-corrected chi connectivity index (χ4v) is 4.20. The van der Waals surface area contributed by atoms with Gasteiger partial charge in [-0.15, -0.1) is 0 Å². The molecule has 3 aromatic carbocycles. The standard InChI is InChI=1S/C28H24BrClN2O6/c1-2-36-24-17-18(16-23(30)25(24)38-14-6-13-37-21-7-4-3-5-8-21)15-22-26(33)31-28(35)32(27(22)34)20-11-9-19(29)10-12-20/h3-5,7-12,15-17H,2,6,13-14H2,1H3,(H,31,33,35). The van der Waals surface area contributed by atoms with Gasteiger partial charge in [-0.2, -0.15) is 0 Å². The number of carbonyl (C=O) groups excluding carboxylic acids is 3. The molecule has 0 unspecified atom stereocenters. The highest BCUT2D eigenvalue weighted by molar-refractivity contribution is 9.10. The zero-order valence-electron chi connectivity index (χ0n) is 20.4. The van der Waals surface area contributed by atoms with Gasteiger partial charge in [0.25, 0.3) is 11.8 Å². The van der Waals surface area contributed by atoms with Gasteiger partial charge in [0.2, 0.25) is 0 Å². The number of nitrogens with zero attached hydrogens (tertiary/aromatic N) is 1. The van der Waals surface area contributed by atoms with Gasteiger partial charge in [0.1, 0.15) is 11.3 Å². The maximum Gasteiger partial charge on any atom is 0.335 e. The van der Waals surface area contributed by atoms with E-state index in [4.69, 9.17) is 25.8 Å². The van der Waals surface area contributed by atoms with Crippen LogP contribution in [-0.4, -0.2) is 37.7 Å². The van der Waals surface area contributed by atoms with Crippen molar-refractivity contribution in [1.82, 2.24) is 5.32 Å². The van der Waals surface area contributed by atoms with E-state index in [0.717, 1.165) is 15.1 Å². The lowest BCUT2D eigenvalue weighted by atomic mass is 10.1. The second kappa shape index (κ2) is 12.6. The first-order chi connectivity index (χ1) is 18.4. The molecule has 4 rings (SSSR count). The van der Waals surface area contributed by atoms with E-state index in [-0.39, 0.29) is 10.6 Å². The smallest absolute Gasteiger partial charge is 0.335 e. The predicted molar refractivity (Wildman–Crippen MR) is 148 cm³/mol. The topological polar surface area (TPSA) is 94.2 Å². The molecule has 10 heteroatoms. The molecule has 3 aromatic rings. The largest absolute Gasteiger partial charge is 0.493 e. The Labute approximate surface area is 233 Å². The minimum atomic E-state index is -0.826. The Morgan fingerprint density at radius 3 is 2.37 bits per heavy atom. The number of hydrogen-bond donors (Lipinski definition) is 1. The summed E-state index contributed by atoms with van der Waals surface area (Å²) < 4.78 is 18.1. The van der Waals surface area contributed by atoms with Crippen LogP contribution in [0, 0.1) is 0 Å². The number of para-hydroxylation sites is 1. The molecule has 0 spiro atoms. The van der Waals surface area contributed by atoms with E-state index in [1.807, 2.05) is 37.3 Å². The van der Waals surface area contributed by atoms with E-state index in [1.54, 1.807) is 36.4 Å². The Morgan fingerprint density at radius 2 is 1.66 bits per heavy atom. The summed E-state index contributed by atoms with van der Waals surface area (Å²) in [5, 5.41) is 2.45. The normalized spacial score (nSPS) is 14.4. The third-order valence-electron chi connectivity index (χ3n) is 5.38. The molecular formula is C28H24BrClN2O6. The van der Waals surface area contributed by atoms with Crippen molar-refractivity contribution in [2.75, 3.05) is 24.7 Å². The van der Waals surface area contributed by atoms with Crippen LogP contribution >= 0.6 is 27.5 Å². The lowest BCUT2D eigenvalue weighted by molar-refractivity contribution is -0.122. The van der Waals surface area contributed by atoms with Crippen LogP contribution in [0.1, 0.15) is 18.9 Å². The number of imide groups is 2. The first-order valence-electron chi connectivity index (χ1n) is 11.8. The van der Waals surface area contributed by atoms with Crippen molar-refractivity contribution in [2.45, 2.75) is 13.3 Å². The number of halogens is 2. The number of ether oxygens (including phenoxy) is 3. The number of rotatable bonds is 10. The van der Waals surface area contributed by atoms with Gasteiger partial charge in [-0.05, 0) is 67.1 Å². The Bertz CT molecular complexity index is 1360. The van der Waals surface area contributed by atoms with Gasteiger partial charge in [0, 0.05) is 10.9 Å². The molecular weight excluding hydrogens is 576 g/mol. The van der Waals surface area contributed by atoms with Crippen LogP contribution in [-0.2, 0) is 9.59 Å². The number of barbiturate groups is 1.